The van der Waals surface area contributed by atoms with E-state index in [1.165, 1.54) is 39.5 Å². The van der Waals surface area contributed by atoms with Crippen molar-refractivity contribution in [3.63, 3.8) is 0 Å². The molecule has 2 fully saturated rings. The predicted octanol–water partition coefficient (Wildman–Crippen LogP) is 2.40. The van der Waals surface area contributed by atoms with Gasteiger partial charge in [-0.2, -0.15) is 0 Å². The maximum atomic E-state index is 12.1. The van der Waals surface area contributed by atoms with Gasteiger partial charge in [0.15, 0.2) is 0 Å². The molecule has 1 aromatic carbocycles. The van der Waals surface area contributed by atoms with E-state index in [0.717, 1.165) is 46.5 Å². The molecule has 3 heterocycles. The number of aromatic nitrogens is 3. The lowest BCUT2D eigenvalue weighted by Crippen LogP contribution is -2.43. The highest BCUT2D eigenvalue weighted by molar-refractivity contribution is 7.89. The molecule has 1 aliphatic heterocycles. The molecule has 0 radical (unpaired) electrons. The highest BCUT2D eigenvalue weighted by Gasteiger charge is 2.34. The summed E-state index contributed by atoms with van der Waals surface area (Å²) in [6.07, 6.45) is 7.28. The number of methoxy groups -OCH3 is 1. The van der Waals surface area contributed by atoms with Crippen molar-refractivity contribution in [2.24, 2.45) is 5.92 Å². The number of hydrogen-bond donors (Lipinski definition) is 2. The van der Waals surface area contributed by atoms with E-state index in [1.807, 2.05) is 24.3 Å². The van der Waals surface area contributed by atoms with Gasteiger partial charge in [-0.05, 0) is 55.5 Å². The van der Waals surface area contributed by atoms with Gasteiger partial charge in [-0.25, -0.2) is 23.1 Å². The first-order valence-electron chi connectivity index (χ1n) is 11.8. The quantitative estimate of drug-likeness (QED) is 0.454. The van der Waals surface area contributed by atoms with Crippen LogP contribution in [0.4, 0.5) is 5.82 Å². The first-order chi connectivity index (χ1) is 16.4. The van der Waals surface area contributed by atoms with Crippen LogP contribution in [-0.4, -0.2) is 67.0 Å². The molecule has 0 atom stereocenters. The van der Waals surface area contributed by atoms with Crippen LogP contribution < -0.4 is 10.5 Å². The summed E-state index contributed by atoms with van der Waals surface area (Å²) in [4.78, 5) is 11.4. The van der Waals surface area contributed by atoms with Crippen molar-refractivity contribution in [2.75, 3.05) is 44.8 Å². The zero-order valence-electron chi connectivity index (χ0n) is 19.5. The Balaban J connectivity index is 1.38. The molecule has 10 heteroatoms. The maximum Gasteiger partial charge on any atom is 0.214 e. The number of rotatable bonds is 10. The fourth-order valence-corrected chi connectivity index (χ4v) is 5.84. The molecule has 0 unspecified atom stereocenters. The summed E-state index contributed by atoms with van der Waals surface area (Å²) in [7, 11) is -1.91. The Kier molecular flexibility index (Phi) is 6.57. The van der Waals surface area contributed by atoms with E-state index in [2.05, 4.69) is 30.4 Å². The second-order valence-electron chi connectivity index (χ2n) is 9.39. The average Bonchev–Trinajstić information content (AvgIpc) is 3.15. The average molecular weight is 485 g/mol. The predicted molar refractivity (Wildman–Crippen MR) is 133 cm³/mol. The van der Waals surface area contributed by atoms with Crippen LogP contribution >= 0.6 is 0 Å². The van der Waals surface area contributed by atoms with E-state index in [1.54, 1.807) is 0 Å². The third-order valence-corrected chi connectivity index (χ3v) is 8.29. The third kappa shape index (κ3) is 4.81. The Hall–Kier alpha value is -2.53. The fourth-order valence-electron chi connectivity index (χ4n) is 4.92. The van der Waals surface area contributed by atoms with Gasteiger partial charge in [0, 0.05) is 38.0 Å². The zero-order chi connectivity index (χ0) is 23.7. The number of sulfonamides is 1. The third-order valence-electron chi connectivity index (χ3n) is 7.00. The molecular formula is C24H32N6O3S. The number of fused-ring (bicyclic) bond motifs is 1. The van der Waals surface area contributed by atoms with Crippen molar-refractivity contribution in [1.29, 1.82) is 0 Å². The van der Waals surface area contributed by atoms with Gasteiger partial charge in [0.1, 0.15) is 17.8 Å². The van der Waals surface area contributed by atoms with Crippen LogP contribution in [0.5, 0.6) is 0 Å². The number of hydrogen-bond acceptors (Lipinski definition) is 7. The van der Waals surface area contributed by atoms with Crippen LogP contribution in [0.25, 0.3) is 22.2 Å². The zero-order valence-corrected chi connectivity index (χ0v) is 20.3. The van der Waals surface area contributed by atoms with Crippen molar-refractivity contribution in [3.8, 4) is 11.1 Å². The first kappa shape index (κ1) is 23.2. The molecule has 34 heavy (non-hydrogen) atoms. The van der Waals surface area contributed by atoms with Gasteiger partial charge in [-0.3, -0.25) is 0 Å². The number of nitrogens with zero attached hydrogens (tertiary/aromatic N) is 4. The Labute approximate surface area is 200 Å². The number of anilines is 1. The summed E-state index contributed by atoms with van der Waals surface area (Å²) >= 11 is 0. The molecule has 5 rings (SSSR count). The second kappa shape index (κ2) is 9.61. The summed E-state index contributed by atoms with van der Waals surface area (Å²) < 4.78 is 34.1. The van der Waals surface area contributed by atoms with Crippen molar-refractivity contribution < 1.29 is 13.2 Å². The summed E-state index contributed by atoms with van der Waals surface area (Å²) in [5, 5.41) is 0.853. The molecule has 1 saturated carbocycles. The lowest BCUT2D eigenvalue weighted by Gasteiger charge is -2.42. The number of nitrogen functional groups attached to an aromatic ring is 1. The van der Waals surface area contributed by atoms with Gasteiger partial charge < -0.3 is 19.9 Å². The van der Waals surface area contributed by atoms with Gasteiger partial charge >= 0.3 is 0 Å². The number of nitrogens with one attached hydrogen (secondary N) is 1. The second-order valence-corrected chi connectivity index (χ2v) is 11.3. The minimum atomic E-state index is -3.40. The van der Waals surface area contributed by atoms with Crippen LogP contribution in [0.1, 0.15) is 30.9 Å². The van der Waals surface area contributed by atoms with Gasteiger partial charge in [0.2, 0.25) is 10.0 Å². The molecule has 9 nitrogen and oxygen atoms in total. The van der Waals surface area contributed by atoms with Gasteiger partial charge in [-0.15, -0.1) is 0 Å². The monoisotopic (exact) mass is 484 g/mol. The Morgan fingerprint density at radius 1 is 1.24 bits per heavy atom. The van der Waals surface area contributed by atoms with E-state index in [-0.39, 0.29) is 18.9 Å². The van der Waals surface area contributed by atoms with E-state index in [0.29, 0.717) is 11.9 Å². The van der Waals surface area contributed by atoms with Crippen LogP contribution in [0.2, 0.25) is 0 Å². The lowest BCUT2D eigenvalue weighted by atomic mass is 9.79. The molecular weight excluding hydrogens is 452 g/mol. The molecule has 2 aromatic heterocycles. The van der Waals surface area contributed by atoms with Crippen molar-refractivity contribution >= 4 is 26.9 Å². The molecule has 0 spiro atoms. The highest BCUT2D eigenvalue weighted by atomic mass is 32.2. The van der Waals surface area contributed by atoms with Gasteiger partial charge in [0.25, 0.3) is 0 Å². The number of likely N-dealkylation sites (tertiary alicyclic amines) is 1. The van der Waals surface area contributed by atoms with E-state index < -0.39 is 10.0 Å². The van der Waals surface area contributed by atoms with Gasteiger partial charge in [-0.1, -0.05) is 18.2 Å². The molecule has 182 valence electrons. The highest BCUT2D eigenvalue weighted by Crippen LogP contribution is 2.43. The molecule has 1 saturated heterocycles. The smallest absolute Gasteiger partial charge is 0.214 e. The molecule has 2 aliphatic rings. The lowest BCUT2D eigenvalue weighted by molar-refractivity contribution is 0.0921. The van der Waals surface area contributed by atoms with Crippen LogP contribution in [0, 0.1) is 5.92 Å². The maximum absolute atomic E-state index is 12.1. The number of nitrogens with two attached hydrogens (primary N) is 1. The van der Waals surface area contributed by atoms with E-state index in [9.17, 15) is 8.42 Å². The molecule has 1 aliphatic carbocycles. The van der Waals surface area contributed by atoms with Crippen LogP contribution in [0.15, 0.2) is 36.8 Å². The Morgan fingerprint density at radius 2 is 2.06 bits per heavy atom. The standard InChI is InChI=1S/C24H32N6O3S/c1-33-8-9-34(31,32)28-13-17-4-2-5-19(10-17)21-15-30(24-22(21)23(25)26-16-27-24)20-11-18(12-20)14-29-6-3-7-29/h2,4-5,10,15-16,18,20,28H,3,6-9,11-14H2,1H3,(H2,25,26,27)/t18-,20+. The minimum absolute atomic E-state index is 0.0648. The number of ether oxygens (including phenoxy) is 1. The largest absolute Gasteiger partial charge is 0.384 e. The SMILES string of the molecule is COCCS(=O)(=O)NCc1cccc(-c2cn([C@H]3C[C@@H](CN4CCC4)C3)c3ncnc(N)c23)c1. The summed E-state index contributed by atoms with van der Waals surface area (Å²) in [6.45, 7) is 4.04. The van der Waals surface area contributed by atoms with Gasteiger partial charge in [0.05, 0.1) is 17.7 Å². The van der Waals surface area contributed by atoms with Crippen molar-refractivity contribution in [3.05, 3.63) is 42.4 Å². The summed E-state index contributed by atoms with van der Waals surface area (Å²) in [6, 6.07) is 8.27. The number of benzene rings is 1. The Morgan fingerprint density at radius 3 is 2.79 bits per heavy atom. The van der Waals surface area contributed by atoms with Crippen molar-refractivity contribution in [1.82, 2.24) is 24.2 Å². The van der Waals surface area contributed by atoms with E-state index >= 15 is 0 Å². The molecule has 0 amide bonds. The topological polar surface area (TPSA) is 115 Å². The molecule has 3 N–H and O–H groups in total. The fraction of sp³-hybridized carbons (Fsp3) is 0.500. The van der Waals surface area contributed by atoms with E-state index in [4.69, 9.17) is 10.5 Å². The summed E-state index contributed by atoms with van der Waals surface area (Å²) in [5.41, 5.74) is 9.99. The van der Waals surface area contributed by atoms with Crippen LogP contribution in [-0.2, 0) is 21.3 Å². The summed E-state index contributed by atoms with van der Waals surface area (Å²) in [5.74, 6) is 1.13. The first-order valence-corrected chi connectivity index (χ1v) is 13.5. The van der Waals surface area contributed by atoms with Crippen molar-refractivity contribution in [2.45, 2.75) is 31.8 Å². The molecule has 3 aromatic rings. The minimum Gasteiger partial charge on any atom is -0.384 e. The molecule has 0 bridgehead atoms. The van der Waals surface area contributed by atoms with Crippen LogP contribution in [0.3, 0.4) is 0 Å². The Bertz CT molecular complexity index is 1260. The normalized spacial score (nSPS) is 20.9.